The molecular weight excluding hydrogens is 736 g/mol. The summed E-state index contributed by atoms with van der Waals surface area (Å²) in [5.74, 6) is -0.354. The highest BCUT2D eigenvalue weighted by Crippen LogP contribution is 2.12. The van der Waals surface area contributed by atoms with Crippen LogP contribution in [0.4, 0.5) is 0 Å². The predicted molar refractivity (Wildman–Crippen MR) is 221 cm³/mol. The van der Waals surface area contributed by atoms with Gasteiger partial charge in [0, 0.05) is 6.61 Å². The summed E-state index contributed by atoms with van der Waals surface area (Å²) in [7, 11) is 0. The van der Waals surface area contributed by atoms with Crippen molar-refractivity contribution in [1.29, 1.82) is 0 Å². The number of benzene rings is 1. The zero-order valence-corrected chi connectivity index (χ0v) is 35.6. The van der Waals surface area contributed by atoms with Crippen LogP contribution in [0.3, 0.4) is 0 Å². The molecule has 0 aliphatic heterocycles. The maximum Gasteiger partial charge on any atom is 0.338 e. The zero-order chi connectivity index (χ0) is 40.6. The largest absolute Gasteiger partial charge is 0.460 e. The van der Waals surface area contributed by atoms with Gasteiger partial charge in [0.15, 0.2) is 0 Å². The van der Waals surface area contributed by atoms with Gasteiger partial charge >= 0.3 is 5.97 Å². The number of hydrogen-bond donors (Lipinski definition) is 0. The number of unbranched alkanes of at least 4 members (excludes halogenated alkanes) is 12. The van der Waals surface area contributed by atoms with Crippen molar-refractivity contribution in [3.8, 4) is 0 Å². The first-order chi connectivity index (χ1) is 28.3. The molecule has 334 valence electrons. The summed E-state index contributed by atoms with van der Waals surface area (Å²) < 4.78 is 65.8. The van der Waals surface area contributed by atoms with Crippen molar-refractivity contribution in [3.63, 3.8) is 0 Å². The summed E-state index contributed by atoms with van der Waals surface area (Å²) in [5.41, 5.74) is 0.527. The second-order valence-electron chi connectivity index (χ2n) is 13.5. The third-order valence-electron chi connectivity index (χ3n) is 8.58. The van der Waals surface area contributed by atoms with E-state index in [-0.39, 0.29) is 12.6 Å². The van der Waals surface area contributed by atoms with E-state index in [1.807, 2.05) is 6.07 Å². The van der Waals surface area contributed by atoms with Crippen LogP contribution in [0.2, 0.25) is 0 Å². The van der Waals surface area contributed by atoms with Crippen molar-refractivity contribution in [3.05, 3.63) is 35.9 Å². The van der Waals surface area contributed by atoms with Crippen LogP contribution in [0, 0.1) is 0 Å². The van der Waals surface area contributed by atoms with E-state index in [1.165, 1.54) is 77.0 Å². The van der Waals surface area contributed by atoms with Gasteiger partial charge in [-0.2, -0.15) is 0 Å². The minimum atomic E-state index is -0.354. The topological polar surface area (TPSA) is 128 Å². The first kappa shape index (κ1) is 53.3. The lowest BCUT2D eigenvalue weighted by Gasteiger charge is -2.09. The van der Waals surface area contributed by atoms with E-state index in [1.54, 1.807) is 24.3 Å². The van der Waals surface area contributed by atoms with Crippen molar-refractivity contribution in [1.82, 2.24) is 0 Å². The molecule has 0 unspecified atom stereocenters. The number of carbonyl (C=O) groups excluding carboxylic acids is 1. The van der Waals surface area contributed by atoms with Crippen molar-refractivity contribution < 1.29 is 61.6 Å². The minimum absolute atomic E-state index is 0.203. The van der Waals surface area contributed by atoms with E-state index in [0.29, 0.717) is 144 Å². The second kappa shape index (κ2) is 46.9. The average Bonchev–Trinajstić information content (AvgIpc) is 3.23. The Morgan fingerprint density at radius 3 is 0.860 bits per heavy atom. The predicted octanol–water partition coefficient (Wildman–Crippen LogP) is 7.12. The fourth-order valence-electron chi connectivity index (χ4n) is 5.37. The van der Waals surface area contributed by atoms with Gasteiger partial charge in [0.1, 0.15) is 6.61 Å². The molecule has 0 spiro atoms. The van der Waals surface area contributed by atoms with Gasteiger partial charge < -0.3 is 56.8 Å². The SMILES string of the molecule is CCCCCCCCCCCCCCCOCCOCCOCCOCCOCCOCCOCCOCCOCCOCCOCCOC(=O)c1ccccc1. The molecule has 0 amide bonds. The van der Waals surface area contributed by atoms with Crippen molar-refractivity contribution in [2.45, 2.75) is 90.4 Å². The number of esters is 1. The highest BCUT2D eigenvalue weighted by Gasteiger charge is 2.05. The Labute approximate surface area is 345 Å². The van der Waals surface area contributed by atoms with Crippen LogP contribution in [-0.4, -0.2) is 158 Å². The molecule has 0 aliphatic carbocycles. The van der Waals surface area contributed by atoms with Crippen LogP contribution in [0.5, 0.6) is 0 Å². The molecule has 0 saturated heterocycles. The molecule has 0 heterocycles. The molecule has 1 aromatic carbocycles. The number of hydrogen-bond acceptors (Lipinski definition) is 13. The smallest absolute Gasteiger partial charge is 0.338 e. The third kappa shape index (κ3) is 42.2. The lowest BCUT2D eigenvalue weighted by atomic mass is 10.0. The van der Waals surface area contributed by atoms with Crippen LogP contribution in [0.1, 0.15) is 101 Å². The molecule has 0 N–H and O–H groups in total. The number of carbonyl (C=O) groups is 1. The van der Waals surface area contributed by atoms with E-state index in [2.05, 4.69) is 6.92 Å². The van der Waals surface area contributed by atoms with Crippen LogP contribution in [0.25, 0.3) is 0 Å². The molecule has 13 nitrogen and oxygen atoms in total. The van der Waals surface area contributed by atoms with Gasteiger partial charge in [0.2, 0.25) is 0 Å². The van der Waals surface area contributed by atoms with E-state index in [9.17, 15) is 4.79 Å². The van der Waals surface area contributed by atoms with Gasteiger partial charge in [0.25, 0.3) is 0 Å². The Morgan fingerprint density at radius 1 is 0.316 bits per heavy atom. The molecule has 57 heavy (non-hydrogen) atoms. The lowest BCUT2D eigenvalue weighted by Crippen LogP contribution is -2.15. The molecule has 0 fully saturated rings. The Balaban J connectivity index is 1.61. The van der Waals surface area contributed by atoms with Crippen LogP contribution >= 0.6 is 0 Å². The molecule has 0 radical (unpaired) electrons. The minimum Gasteiger partial charge on any atom is -0.460 e. The van der Waals surface area contributed by atoms with E-state index >= 15 is 0 Å². The maximum atomic E-state index is 11.8. The fourth-order valence-corrected chi connectivity index (χ4v) is 5.37. The summed E-state index contributed by atoms with van der Waals surface area (Å²) in [6, 6.07) is 8.87. The summed E-state index contributed by atoms with van der Waals surface area (Å²) in [5, 5.41) is 0. The Hall–Kier alpha value is -1.75. The van der Waals surface area contributed by atoms with Gasteiger partial charge in [-0.1, -0.05) is 102 Å². The molecule has 0 saturated carbocycles. The normalized spacial score (nSPS) is 11.5. The first-order valence-corrected chi connectivity index (χ1v) is 21.9. The van der Waals surface area contributed by atoms with Gasteiger partial charge in [-0.15, -0.1) is 0 Å². The standard InChI is InChI=1S/C44H80O13/c1-2-3-4-5-6-7-8-9-10-11-12-13-17-20-46-21-22-47-23-24-48-25-26-49-27-28-50-29-30-51-31-32-52-33-34-53-35-36-54-37-38-55-39-40-56-41-42-57-44(45)43-18-15-14-16-19-43/h14-16,18-19H,2-13,17,20-42H2,1H3. The Morgan fingerprint density at radius 2 is 0.561 bits per heavy atom. The molecule has 1 aromatic rings. The van der Waals surface area contributed by atoms with Gasteiger partial charge in [0.05, 0.1) is 144 Å². The Kier molecular flexibility index (Phi) is 43.9. The highest BCUT2D eigenvalue weighted by atomic mass is 16.6. The van der Waals surface area contributed by atoms with Gasteiger partial charge in [-0.05, 0) is 18.6 Å². The maximum absolute atomic E-state index is 11.8. The molecule has 13 heteroatoms. The van der Waals surface area contributed by atoms with E-state index < -0.39 is 0 Å². The summed E-state index contributed by atoms with van der Waals surface area (Å²) in [6.45, 7) is 13.9. The molecule has 0 aromatic heterocycles. The fraction of sp³-hybridized carbons (Fsp3) is 0.841. The molecule has 1 rings (SSSR count). The second-order valence-corrected chi connectivity index (χ2v) is 13.5. The van der Waals surface area contributed by atoms with Gasteiger partial charge in [-0.3, -0.25) is 0 Å². The summed E-state index contributed by atoms with van der Waals surface area (Å²) in [4.78, 5) is 11.8. The number of ether oxygens (including phenoxy) is 12. The molecule has 0 atom stereocenters. The van der Waals surface area contributed by atoms with Crippen LogP contribution < -0.4 is 0 Å². The monoisotopic (exact) mass is 817 g/mol. The van der Waals surface area contributed by atoms with Crippen molar-refractivity contribution >= 4 is 5.97 Å². The first-order valence-electron chi connectivity index (χ1n) is 21.9. The number of rotatable bonds is 48. The average molecular weight is 817 g/mol. The quantitative estimate of drug-likeness (QED) is 0.0490. The van der Waals surface area contributed by atoms with Crippen molar-refractivity contribution in [2.24, 2.45) is 0 Å². The summed E-state index contributed by atoms with van der Waals surface area (Å²) in [6.07, 6.45) is 17.7. The molecule has 0 bridgehead atoms. The third-order valence-corrected chi connectivity index (χ3v) is 8.58. The van der Waals surface area contributed by atoms with E-state index in [0.717, 1.165) is 13.0 Å². The zero-order valence-electron chi connectivity index (χ0n) is 35.6. The van der Waals surface area contributed by atoms with Crippen LogP contribution in [-0.2, 0) is 56.8 Å². The van der Waals surface area contributed by atoms with E-state index in [4.69, 9.17) is 56.8 Å². The van der Waals surface area contributed by atoms with Crippen LogP contribution in [0.15, 0.2) is 30.3 Å². The Bertz CT molecular complexity index is 911. The van der Waals surface area contributed by atoms with Gasteiger partial charge in [-0.25, -0.2) is 4.79 Å². The molecule has 0 aliphatic rings. The highest BCUT2D eigenvalue weighted by molar-refractivity contribution is 5.89. The molecular formula is C44H80O13. The van der Waals surface area contributed by atoms with Crippen molar-refractivity contribution in [2.75, 3.05) is 152 Å². The lowest BCUT2D eigenvalue weighted by molar-refractivity contribution is -0.0280. The summed E-state index contributed by atoms with van der Waals surface area (Å²) >= 11 is 0.